The van der Waals surface area contributed by atoms with E-state index in [1.165, 1.54) is 29.4 Å². The number of aromatic nitrogens is 2. The maximum Gasteiger partial charge on any atom is 0.211 e. The number of nitrogens with zero attached hydrogens (tertiary/aromatic N) is 2. The summed E-state index contributed by atoms with van der Waals surface area (Å²) in [6, 6.07) is 6.98. The molecule has 152 valence electrons. The fraction of sp³-hybridized carbons (Fsp3) is 0.409. The van der Waals surface area contributed by atoms with Crippen molar-refractivity contribution < 1.29 is 8.42 Å². The van der Waals surface area contributed by atoms with Gasteiger partial charge < -0.3 is 10.3 Å². The van der Waals surface area contributed by atoms with Gasteiger partial charge in [0.05, 0.1) is 6.26 Å². The number of benzene rings is 1. The molecule has 3 aromatic rings. The molecule has 0 radical (unpaired) electrons. The van der Waals surface area contributed by atoms with Gasteiger partial charge in [-0.2, -0.15) is 4.31 Å². The summed E-state index contributed by atoms with van der Waals surface area (Å²) in [5.41, 5.74) is 8.01. The molecule has 7 heteroatoms. The first-order valence-electron chi connectivity index (χ1n) is 10.2. The third kappa shape index (κ3) is 3.37. The van der Waals surface area contributed by atoms with Crippen molar-refractivity contribution in [3.05, 3.63) is 52.8 Å². The number of H-pyrrole nitrogens is 1. The summed E-state index contributed by atoms with van der Waals surface area (Å²) < 4.78 is 25.9. The molecular formula is C22H26N4O2S. The number of sulfonamides is 1. The van der Waals surface area contributed by atoms with Crippen LogP contribution in [0.5, 0.6) is 0 Å². The van der Waals surface area contributed by atoms with E-state index >= 15 is 0 Å². The lowest BCUT2D eigenvalue weighted by molar-refractivity contribution is 0.392. The van der Waals surface area contributed by atoms with Crippen molar-refractivity contribution in [3.8, 4) is 11.1 Å². The number of pyridine rings is 1. The summed E-state index contributed by atoms with van der Waals surface area (Å²) in [4.78, 5) is 7.79. The van der Waals surface area contributed by atoms with Crippen LogP contribution in [0.15, 0.2) is 30.6 Å². The molecule has 5 rings (SSSR count). The predicted molar refractivity (Wildman–Crippen MR) is 115 cm³/mol. The van der Waals surface area contributed by atoms with E-state index in [-0.39, 0.29) is 0 Å². The quantitative estimate of drug-likeness (QED) is 0.695. The monoisotopic (exact) mass is 410 g/mol. The lowest BCUT2D eigenvalue weighted by Gasteiger charge is -2.30. The fourth-order valence-corrected chi connectivity index (χ4v) is 5.51. The Morgan fingerprint density at radius 3 is 2.83 bits per heavy atom. The molecule has 0 amide bonds. The van der Waals surface area contributed by atoms with Gasteiger partial charge in [-0.25, -0.2) is 13.4 Å². The van der Waals surface area contributed by atoms with E-state index in [9.17, 15) is 8.42 Å². The smallest absolute Gasteiger partial charge is 0.211 e. The number of aryl methyl sites for hydroxylation is 1. The molecule has 2 aliphatic rings. The topological polar surface area (TPSA) is 78.1 Å². The fourth-order valence-electron chi connectivity index (χ4n) is 4.71. The van der Waals surface area contributed by atoms with Crippen molar-refractivity contribution >= 4 is 21.1 Å². The molecule has 1 unspecified atom stereocenters. The summed E-state index contributed by atoms with van der Waals surface area (Å²) in [5, 5.41) is 4.75. The van der Waals surface area contributed by atoms with Crippen molar-refractivity contribution in [3.63, 3.8) is 0 Å². The van der Waals surface area contributed by atoms with Gasteiger partial charge in [0.25, 0.3) is 0 Å². The number of aromatic amines is 1. The molecular weight excluding hydrogens is 384 g/mol. The van der Waals surface area contributed by atoms with E-state index in [1.807, 2.05) is 12.4 Å². The summed E-state index contributed by atoms with van der Waals surface area (Å²) in [5.74, 6) is 0. The molecule has 29 heavy (non-hydrogen) atoms. The maximum atomic E-state index is 12.1. The first-order chi connectivity index (χ1) is 13.9. The van der Waals surface area contributed by atoms with Gasteiger partial charge in [-0.3, -0.25) is 0 Å². The highest BCUT2D eigenvalue weighted by atomic mass is 32.2. The standard InChI is InChI=1S/C22H26N4O2S/c1-14-11-24-22-19(14)10-16(12-25-22)15-8-17-13-26(29(2,27)28)7-5-18(17)20(9-15)21-4-3-6-23-21/h8-12,21,23H,3-7,13H2,1-2H3,(H,24,25). The molecule has 0 saturated carbocycles. The average Bonchev–Trinajstić information content (AvgIpc) is 3.36. The molecule has 2 N–H and O–H groups in total. The van der Waals surface area contributed by atoms with Gasteiger partial charge in [-0.1, -0.05) is 0 Å². The summed E-state index contributed by atoms with van der Waals surface area (Å²) >= 11 is 0. The first kappa shape index (κ1) is 18.8. The van der Waals surface area contributed by atoms with E-state index < -0.39 is 10.0 Å². The van der Waals surface area contributed by atoms with E-state index in [0.29, 0.717) is 19.1 Å². The van der Waals surface area contributed by atoms with Crippen LogP contribution in [-0.2, 0) is 23.0 Å². The average molecular weight is 411 g/mol. The highest BCUT2D eigenvalue weighted by Crippen LogP contribution is 2.36. The Balaban J connectivity index is 1.65. The minimum Gasteiger partial charge on any atom is -0.346 e. The van der Waals surface area contributed by atoms with Crippen molar-refractivity contribution in [2.24, 2.45) is 0 Å². The Kier molecular flexibility index (Phi) is 4.49. The van der Waals surface area contributed by atoms with Crippen LogP contribution in [0.3, 0.4) is 0 Å². The Morgan fingerprint density at radius 1 is 1.21 bits per heavy atom. The van der Waals surface area contributed by atoms with E-state index in [2.05, 4.69) is 40.4 Å². The molecule has 1 saturated heterocycles. The molecule has 2 aromatic heterocycles. The van der Waals surface area contributed by atoms with Gasteiger partial charge >= 0.3 is 0 Å². The Labute approximate surface area is 171 Å². The molecule has 0 aliphatic carbocycles. The van der Waals surface area contributed by atoms with Crippen LogP contribution in [0.2, 0.25) is 0 Å². The second-order valence-corrected chi connectivity index (χ2v) is 10.3. The number of rotatable bonds is 3. The third-order valence-electron chi connectivity index (χ3n) is 6.31. The van der Waals surface area contributed by atoms with Crippen LogP contribution in [0.4, 0.5) is 0 Å². The van der Waals surface area contributed by atoms with Crippen molar-refractivity contribution in [1.29, 1.82) is 0 Å². The van der Waals surface area contributed by atoms with Crippen LogP contribution in [0.25, 0.3) is 22.2 Å². The lowest BCUT2D eigenvalue weighted by atomic mass is 9.87. The molecule has 1 aromatic carbocycles. The van der Waals surface area contributed by atoms with Gasteiger partial charge in [-0.15, -0.1) is 0 Å². The van der Waals surface area contributed by atoms with Crippen molar-refractivity contribution in [1.82, 2.24) is 19.6 Å². The van der Waals surface area contributed by atoms with Crippen LogP contribution >= 0.6 is 0 Å². The van der Waals surface area contributed by atoms with Crippen LogP contribution in [0, 0.1) is 6.92 Å². The summed E-state index contributed by atoms with van der Waals surface area (Å²) in [7, 11) is -3.20. The second-order valence-electron chi connectivity index (χ2n) is 8.29. The summed E-state index contributed by atoms with van der Waals surface area (Å²) in [6.45, 7) is 4.12. The molecule has 1 fully saturated rings. The second kappa shape index (κ2) is 6.93. The highest BCUT2D eigenvalue weighted by molar-refractivity contribution is 7.88. The predicted octanol–water partition coefficient (Wildman–Crippen LogP) is 3.28. The zero-order valence-corrected chi connectivity index (χ0v) is 17.6. The SMILES string of the molecule is Cc1c[nH]c2ncc(-c3cc4c(c(C5CCCN5)c3)CCN(S(C)(=O)=O)C4)cc12. The normalized spacial score (nSPS) is 20.3. The minimum absolute atomic E-state index is 0.346. The molecule has 0 spiro atoms. The largest absolute Gasteiger partial charge is 0.346 e. The van der Waals surface area contributed by atoms with E-state index in [0.717, 1.165) is 47.1 Å². The van der Waals surface area contributed by atoms with Crippen molar-refractivity contribution in [2.75, 3.05) is 19.3 Å². The maximum absolute atomic E-state index is 12.1. The molecule has 0 bridgehead atoms. The lowest BCUT2D eigenvalue weighted by Crippen LogP contribution is -2.36. The van der Waals surface area contributed by atoms with Gasteiger partial charge in [0, 0.05) is 42.5 Å². The van der Waals surface area contributed by atoms with Crippen LogP contribution in [0.1, 0.15) is 41.1 Å². The highest BCUT2D eigenvalue weighted by Gasteiger charge is 2.28. The molecule has 1 atom stereocenters. The first-order valence-corrected chi connectivity index (χ1v) is 12.0. The molecule has 2 aliphatic heterocycles. The summed E-state index contributed by atoms with van der Waals surface area (Å²) in [6.07, 6.45) is 8.25. The zero-order chi connectivity index (χ0) is 20.2. The minimum atomic E-state index is -3.20. The van der Waals surface area contributed by atoms with E-state index in [1.54, 1.807) is 4.31 Å². The van der Waals surface area contributed by atoms with Crippen LogP contribution < -0.4 is 5.32 Å². The zero-order valence-electron chi connectivity index (χ0n) is 16.8. The Bertz CT molecular complexity index is 1190. The van der Waals surface area contributed by atoms with Gasteiger partial charge in [0.2, 0.25) is 10.0 Å². The van der Waals surface area contributed by atoms with Crippen LogP contribution in [-0.4, -0.2) is 42.0 Å². The Morgan fingerprint density at radius 2 is 2.07 bits per heavy atom. The number of fused-ring (bicyclic) bond motifs is 2. The number of nitrogens with one attached hydrogen (secondary N) is 2. The molecule has 6 nitrogen and oxygen atoms in total. The van der Waals surface area contributed by atoms with Crippen molar-refractivity contribution in [2.45, 2.75) is 38.8 Å². The Hall–Kier alpha value is -2.22. The van der Waals surface area contributed by atoms with Gasteiger partial charge in [0.1, 0.15) is 5.65 Å². The molecule has 4 heterocycles. The van der Waals surface area contributed by atoms with E-state index in [4.69, 9.17) is 0 Å². The number of hydrogen-bond donors (Lipinski definition) is 2. The number of hydrogen-bond acceptors (Lipinski definition) is 4. The third-order valence-corrected chi connectivity index (χ3v) is 7.56. The van der Waals surface area contributed by atoms with Gasteiger partial charge in [-0.05, 0) is 78.7 Å². The van der Waals surface area contributed by atoms with Gasteiger partial charge in [0.15, 0.2) is 0 Å².